The van der Waals surface area contributed by atoms with Crippen molar-refractivity contribution in [2.45, 2.75) is 217 Å². The standard InChI is InChI=1S/C37H66O7/c1-3-4-5-7-11-17-30-23-24-31(43-30)18-13-14-21-35(40)36-26-25-32(44-36)19-15-22-34(39)33(38)20-12-9-6-8-10-16-29-27-28(2)42-37(29)41/h27-28,30-36,38-40H,3-26H2,1-2H3/t28-,30-,31-,32-,33-,34-,35+,36+/m0/s1. The fourth-order valence-electron chi connectivity index (χ4n) is 7.27. The summed E-state index contributed by atoms with van der Waals surface area (Å²) in [4.78, 5) is 11.6. The van der Waals surface area contributed by atoms with Crippen LogP contribution in [0.3, 0.4) is 0 Å². The van der Waals surface area contributed by atoms with E-state index in [2.05, 4.69) is 6.92 Å². The molecule has 0 radical (unpaired) electrons. The van der Waals surface area contributed by atoms with Gasteiger partial charge in [-0.15, -0.1) is 0 Å². The Labute approximate surface area is 268 Å². The van der Waals surface area contributed by atoms with Gasteiger partial charge in [0.2, 0.25) is 0 Å². The summed E-state index contributed by atoms with van der Waals surface area (Å²) < 4.78 is 17.6. The van der Waals surface area contributed by atoms with Crippen molar-refractivity contribution in [1.29, 1.82) is 0 Å². The summed E-state index contributed by atoms with van der Waals surface area (Å²) in [6.07, 6.45) is 25.9. The van der Waals surface area contributed by atoms with Gasteiger partial charge in [0.25, 0.3) is 0 Å². The highest BCUT2D eigenvalue weighted by Crippen LogP contribution is 2.30. The summed E-state index contributed by atoms with van der Waals surface area (Å²) in [6.45, 7) is 4.14. The number of esters is 1. The molecule has 256 valence electrons. The Bertz CT molecular complexity index is 801. The number of hydrogen-bond acceptors (Lipinski definition) is 7. The van der Waals surface area contributed by atoms with Crippen LogP contribution in [0.4, 0.5) is 0 Å². The zero-order valence-electron chi connectivity index (χ0n) is 28.1. The molecule has 0 aromatic rings. The van der Waals surface area contributed by atoms with Crippen molar-refractivity contribution >= 4 is 5.97 Å². The molecule has 3 aliphatic rings. The average Bonchev–Trinajstić information content (AvgIpc) is 3.74. The van der Waals surface area contributed by atoms with Gasteiger partial charge in [-0.05, 0) is 96.5 Å². The minimum absolute atomic E-state index is 0.0670. The number of aliphatic hydroxyl groups excluding tert-OH is 3. The third-order valence-electron chi connectivity index (χ3n) is 10.1. The Kier molecular flexibility index (Phi) is 18.5. The van der Waals surface area contributed by atoms with E-state index in [4.69, 9.17) is 14.2 Å². The molecule has 0 saturated carbocycles. The maximum atomic E-state index is 11.6. The quantitative estimate of drug-likeness (QED) is 0.0703. The van der Waals surface area contributed by atoms with E-state index >= 15 is 0 Å². The molecule has 0 bridgehead atoms. The highest BCUT2D eigenvalue weighted by Gasteiger charge is 2.31. The first-order valence-corrected chi connectivity index (χ1v) is 18.6. The molecule has 44 heavy (non-hydrogen) atoms. The molecule has 0 aliphatic carbocycles. The Morgan fingerprint density at radius 2 is 1.23 bits per heavy atom. The highest BCUT2D eigenvalue weighted by atomic mass is 16.5. The van der Waals surface area contributed by atoms with Gasteiger partial charge in [0.15, 0.2) is 0 Å². The molecule has 8 atom stereocenters. The van der Waals surface area contributed by atoms with Crippen LogP contribution in [0, 0.1) is 0 Å². The molecule has 3 aliphatic heterocycles. The number of aliphatic hydroxyl groups is 3. The second-order valence-electron chi connectivity index (χ2n) is 14.1. The van der Waals surface area contributed by atoms with Crippen LogP contribution < -0.4 is 0 Å². The van der Waals surface area contributed by atoms with Gasteiger partial charge in [0.1, 0.15) is 6.10 Å². The first kappa shape index (κ1) is 37.5. The van der Waals surface area contributed by atoms with Gasteiger partial charge in [-0.1, -0.05) is 77.6 Å². The molecular weight excluding hydrogens is 556 g/mol. The van der Waals surface area contributed by atoms with Crippen molar-refractivity contribution in [3.8, 4) is 0 Å². The van der Waals surface area contributed by atoms with Crippen LogP contribution in [0.25, 0.3) is 0 Å². The summed E-state index contributed by atoms with van der Waals surface area (Å²) in [5, 5.41) is 31.5. The van der Waals surface area contributed by atoms with E-state index in [1.165, 1.54) is 51.4 Å². The number of hydrogen-bond donors (Lipinski definition) is 3. The molecule has 7 heteroatoms. The Morgan fingerprint density at radius 3 is 1.93 bits per heavy atom. The van der Waals surface area contributed by atoms with Crippen LogP contribution in [0.5, 0.6) is 0 Å². The highest BCUT2D eigenvalue weighted by molar-refractivity contribution is 5.90. The predicted molar refractivity (Wildman–Crippen MR) is 175 cm³/mol. The first-order valence-electron chi connectivity index (χ1n) is 18.6. The SMILES string of the molecule is CCCCCCC[C@H]1CC[C@H](CCCC[C@@H](O)[C@H]2CC[C@H](CCC[C@H](O)[C@@H](O)CCCCCCCC3=C[C@H](C)OC3=O)O2)O1. The molecule has 0 spiro atoms. The zero-order valence-corrected chi connectivity index (χ0v) is 28.1. The fourth-order valence-corrected chi connectivity index (χ4v) is 7.27. The second kappa shape index (κ2) is 21.7. The van der Waals surface area contributed by atoms with Gasteiger partial charge in [0.05, 0.1) is 42.7 Å². The molecule has 3 rings (SSSR count). The fraction of sp³-hybridized carbons (Fsp3) is 0.919. The number of ether oxygens (including phenoxy) is 3. The normalized spacial score (nSPS) is 27.4. The van der Waals surface area contributed by atoms with Crippen LogP contribution in [-0.2, 0) is 19.0 Å². The summed E-state index contributed by atoms with van der Waals surface area (Å²) in [5.41, 5.74) is 0.808. The zero-order chi connectivity index (χ0) is 31.6. The predicted octanol–water partition coefficient (Wildman–Crippen LogP) is 7.86. The Morgan fingerprint density at radius 1 is 0.682 bits per heavy atom. The second-order valence-corrected chi connectivity index (χ2v) is 14.1. The van der Waals surface area contributed by atoms with Gasteiger partial charge in [-0.3, -0.25) is 0 Å². The van der Waals surface area contributed by atoms with Crippen molar-refractivity contribution in [3.63, 3.8) is 0 Å². The summed E-state index contributed by atoms with van der Waals surface area (Å²) in [5.74, 6) is -0.168. The van der Waals surface area contributed by atoms with Gasteiger partial charge >= 0.3 is 5.97 Å². The average molecular weight is 623 g/mol. The lowest BCUT2D eigenvalue weighted by atomic mass is 9.98. The van der Waals surface area contributed by atoms with E-state index in [-0.39, 0.29) is 24.3 Å². The van der Waals surface area contributed by atoms with Gasteiger partial charge in [-0.25, -0.2) is 4.79 Å². The van der Waals surface area contributed by atoms with Gasteiger partial charge < -0.3 is 29.5 Å². The molecule has 7 nitrogen and oxygen atoms in total. The number of unbranched alkanes of at least 4 members (excludes halogenated alkanes) is 9. The van der Waals surface area contributed by atoms with E-state index in [1.807, 2.05) is 13.0 Å². The number of rotatable bonds is 25. The van der Waals surface area contributed by atoms with Crippen molar-refractivity contribution in [2.75, 3.05) is 0 Å². The Balaban J connectivity index is 1.12. The van der Waals surface area contributed by atoms with Crippen LogP contribution in [0.1, 0.15) is 168 Å². The van der Waals surface area contributed by atoms with Crippen LogP contribution in [0.2, 0.25) is 0 Å². The van der Waals surface area contributed by atoms with E-state index < -0.39 is 18.3 Å². The van der Waals surface area contributed by atoms with E-state index in [0.717, 1.165) is 95.5 Å². The van der Waals surface area contributed by atoms with Crippen LogP contribution in [-0.4, -0.2) is 70.1 Å². The number of cyclic esters (lactones) is 1. The summed E-state index contributed by atoms with van der Waals surface area (Å²) in [7, 11) is 0. The molecule has 3 heterocycles. The smallest absolute Gasteiger partial charge is 0.334 e. The lowest BCUT2D eigenvalue weighted by Crippen LogP contribution is -2.27. The molecule has 0 amide bonds. The molecule has 0 unspecified atom stereocenters. The van der Waals surface area contributed by atoms with Gasteiger partial charge in [0, 0.05) is 5.57 Å². The van der Waals surface area contributed by atoms with E-state index in [1.54, 1.807) is 0 Å². The topological polar surface area (TPSA) is 105 Å². The minimum atomic E-state index is -0.690. The van der Waals surface area contributed by atoms with Crippen LogP contribution in [0.15, 0.2) is 11.6 Å². The van der Waals surface area contributed by atoms with E-state index in [9.17, 15) is 20.1 Å². The maximum Gasteiger partial charge on any atom is 0.334 e. The van der Waals surface area contributed by atoms with Crippen molar-refractivity contribution in [1.82, 2.24) is 0 Å². The number of carbonyl (C=O) groups is 1. The lowest BCUT2D eigenvalue weighted by Gasteiger charge is -2.21. The number of carbonyl (C=O) groups excluding carboxylic acids is 1. The first-order chi connectivity index (χ1) is 21.4. The largest absolute Gasteiger partial charge is 0.455 e. The molecular formula is C37H66O7. The molecule has 2 fully saturated rings. The lowest BCUT2D eigenvalue weighted by molar-refractivity contribution is -0.139. The van der Waals surface area contributed by atoms with Crippen molar-refractivity contribution in [3.05, 3.63) is 11.6 Å². The molecule has 3 N–H and O–H groups in total. The summed E-state index contributed by atoms with van der Waals surface area (Å²) >= 11 is 0. The molecule has 0 aromatic carbocycles. The molecule has 2 saturated heterocycles. The third-order valence-corrected chi connectivity index (χ3v) is 10.1. The van der Waals surface area contributed by atoms with Crippen LogP contribution >= 0.6 is 0 Å². The third kappa shape index (κ3) is 14.6. The monoisotopic (exact) mass is 622 g/mol. The van der Waals surface area contributed by atoms with Gasteiger partial charge in [-0.2, -0.15) is 0 Å². The minimum Gasteiger partial charge on any atom is -0.455 e. The van der Waals surface area contributed by atoms with E-state index in [0.29, 0.717) is 25.0 Å². The van der Waals surface area contributed by atoms with Crippen molar-refractivity contribution in [2.24, 2.45) is 0 Å². The summed E-state index contributed by atoms with van der Waals surface area (Å²) in [6, 6.07) is 0. The molecule has 0 aromatic heterocycles. The Hall–Kier alpha value is -0.990. The van der Waals surface area contributed by atoms with Crippen molar-refractivity contribution < 1.29 is 34.3 Å². The maximum absolute atomic E-state index is 11.6.